The maximum absolute atomic E-state index is 12.1. The molecule has 1 saturated carbocycles. The Bertz CT molecular complexity index is 436. The van der Waals surface area contributed by atoms with E-state index in [-0.39, 0.29) is 5.91 Å². The van der Waals surface area contributed by atoms with Crippen LogP contribution in [0.2, 0.25) is 0 Å². The summed E-state index contributed by atoms with van der Waals surface area (Å²) in [6.07, 6.45) is 4.11. The monoisotopic (exact) mass is 265 g/mol. The number of carbonyl (C=O) groups is 1. The fourth-order valence-electron chi connectivity index (χ4n) is 1.98. The molecule has 1 aliphatic carbocycles. The number of nitrogens with one attached hydrogen (secondary N) is 1. The number of nitrogen functional groups attached to an aromatic ring is 1. The van der Waals surface area contributed by atoms with Gasteiger partial charge in [-0.15, -0.1) is 0 Å². The van der Waals surface area contributed by atoms with E-state index in [0.29, 0.717) is 36.5 Å². The summed E-state index contributed by atoms with van der Waals surface area (Å²) >= 11 is 0. The molecule has 1 aliphatic rings. The van der Waals surface area contributed by atoms with Gasteiger partial charge in [0.1, 0.15) is 5.69 Å². The third-order valence-electron chi connectivity index (χ3n) is 3.03. The predicted octanol–water partition coefficient (Wildman–Crippen LogP) is 1.81. The summed E-state index contributed by atoms with van der Waals surface area (Å²) in [4.78, 5) is 12.1. The van der Waals surface area contributed by atoms with Gasteiger partial charge in [-0.2, -0.15) is 0 Å². The van der Waals surface area contributed by atoms with Gasteiger partial charge in [-0.1, -0.05) is 13.8 Å². The number of aromatic nitrogens is 1. The largest absolute Gasteiger partial charge is 0.397 e. The van der Waals surface area contributed by atoms with Crippen LogP contribution in [0.15, 0.2) is 12.3 Å². The first-order chi connectivity index (χ1) is 9.08. The van der Waals surface area contributed by atoms with Crippen molar-refractivity contribution in [2.24, 2.45) is 5.92 Å². The molecule has 5 heteroatoms. The van der Waals surface area contributed by atoms with Crippen molar-refractivity contribution in [3.63, 3.8) is 0 Å². The zero-order valence-electron chi connectivity index (χ0n) is 11.7. The van der Waals surface area contributed by atoms with Crippen LogP contribution in [0.4, 0.5) is 5.69 Å². The van der Waals surface area contributed by atoms with E-state index < -0.39 is 0 Å². The molecule has 0 saturated heterocycles. The van der Waals surface area contributed by atoms with Crippen LogP contribution in [0.25, 0.3) is 0 Å². The lowest BCUT2D eigenvalue weighted by molar-refractivity contribution is 0.0878. The molecule has 3 N–H and O–H groups in total. The third-order valence-corrected chi connectivity index (χ3v) is 3.03. The molecule has 0 aliphatic heterocycles. The van der Waals surface area contributed by atoms with Crippen LogP contribution in [0.1, 0.15) is 43.2 Å². The summed E-state index contributed by atoms with van der Waals surface area (Å²) in [5.74, 6) is 0.444. The second-order valence-electron chi connectivity index (χ2n) is 5.52. The lowest BCUT2D eigenvalue weighted by atomic mass is 10.2. The number of hydrogen-bond donors (Lipinski definition) is 2. The molecule has 0 bridgehead atoms. The number of anilines is 1. The number of nitrogens with zero attached hydrogens (tertiary/aromatic N) is 1. The van der Waals surface area contributed by atoms with Crippen LogP contribution in [-0.4, -0.2) is 30.2 Å². The molecular weight excluding hydrogens is 242 g/mol. The van der Waals surface area contributed by atoms with Crippen LogP contribution in [0.5, 0.6) is 0 Å². The number of amides is 1. The standard InChI is InChI=1S/C14H23N3O2/c1-10(2)9-19-6-5-16-14(18)13-7-11(15)8-17(13)12-3-4-12/h7-8,10,12H,3-6,9,15H2,1-2H3,(H,16,18). The van der Waals surface area contributed by atoms with Gasteiger partial charge in [0.25, 0.3) is 5.91 Å². The minimum absolute atomic E-state index is 0.0725. The first-order valence-electron chi connectivity index (χ1n) is 6.91. The normalized spacial score (nSPS) is 14.9. The number of rotatable bonds is 7. The Morgan fingerprint density at radius 2 is 2.32 bits per heavy atom. The molecule has 1 heterocycles. The quantitative estimate of drug-likeness (QED) is 0.739. The molecule has 1 amide bonds. The van der Waals surface area contributed by atoms with E-state index in [4.69, 9.17) is 10.5 Å². The average Bonchev–Trinajstić information content (AvgIpc) is 3.11. The Labute approximate surface area is 114 Å². The van der Waals surface area contributed by atoms with Gasteiger partial charge in [-0.05, 0) is 24.8 Å². The van der Waals surface area contributed by atoms with Gasteiger partial charge >= 0.3 is 0 Å². The Kier molecular flexibility index (Phi) is 4.47. The predicted molar refractivity (Wildman–Crippen MR) is 75.1 cm³/mol. The molecule has 1 fully saturated rings. The summed E-state index contributed by atoms with van der Waals surface area (Å²) in [5.41, 5.74) is 7.07. The molecule has 0 spiro atoms. The zero-order chi connectivity index (χ0) is 13.8. The SMILES string of the molecule is CC(C)COCCNC(=O)c1cc(N)cn1C1CC1. The fourth-order valence-corrected chi connectivity index (χ4v) is 1.98. The van der Waals surface area contributed by atoms with Crippen LogP contribution in [0.3, 0.4) is 0 Å². The first-order valence-corrected chi connectivity index (χ1v) is 6.91. The maximum atomic E-state index is 12.1. The maximum Gasteiger partial charge on any atom is 0.268 e. The molecule has 1 aromatic heterocycles. The molecule has 5 nitrogen and oxygen atoms in total. The fraction of sp³-hybridized carbons (Fsp3) is 0.643. The van der Waals surface area contributed by atoms with E-state index in [2.05, 4.69) is 19.2 Å². The van der Waals surface area contributed by atoms with E-state index in [1.807, 2.05) is 10.8 Å². The molecule has 0 radical (unpaired) electrons. The number of hydrogen-bond acceptors (Lipinski definition) is 3. The lowest BCUT2D eigenvalue weighted by Gasteiger charge is -2.09. The van der Waals surface area contributed by atoms with Gasteiger partial charge in [-0.25, -0.2) is 0 Å². The van der Waals surface area contributed by atoms with Gasteiger partial charge < -0.3 is 20.4 Å². The molecule has 2 rings (SSSR count). The van der Waals surface area contributed by atoms with Crippen molar-refractivity contribution >= 4 is 11.6 Å². The third kappa shape index (κ3) is 3.99. The van der Waals surface area contributed by atoms with Crippen molar-refractivity contribution in [3.8, 4) is 0 Å². The van der Waals surface area contributed by atoms with E-state index in [1.54, 1.807) is 6.07 Å². The molecule has 106 valence electrons. The Morgan fingerprint density at radius 1 is 1.58 bits per heavy atom. The highest BCUT2D eigenvalue weighted by molar-refractivity contribution is 5.93. The van der Waals surface area contributed by atoms with Crippen molar-refractivity contribution in [2.75, 3.05) is 25.5 Å². The van der Waals surface area contributed by atoms with Crippen LogP contribution < -0.4 is 11.1 Å². The molecule has 0 unspecified atom stereocenters. The van der Waals surface area contributed by atoms with E-state index >= 15 is 0 Å². The van der Waals surface area contributed by atoms with Crippen LogP contribution in [-0.2, 0) is 4.74 Å². The number of ether oxygens (including phenoxy) is 1. The summed E-state index contributed by atoms with van der Waals surface area (Å²) in [6.45, 7) is 6.00. The van der Waals surface area contributed by atoms with Gasteiger partial charge in [0.15, 0.2) is 0 Å². The summed E-state index contributed by atoms with van der Waals surface area (Å²) < 4.78 is 7.42. The lowest BCUT2D eigenvalue weighted by Crippen LogP contribution is -2.29. The first kappa shape index (κ1) is 13.9. The smallest absolute Gasteiger partial charge is 0.268 e. The Hall–Kier alpha value is -1.49. The second-order valence-corrected chi connectivity index (χ2v) is 5.52. The molecule has 1 aromatic rings. The molecule has 0 atom stereocenters. The van der Waals surface area contributed by atoms with Gasteiger partial charge in [0.2, 0.25) is 0 Å². The zero-order valence-corrected chi connectivity index (χ0v) is 11.7. The minimum atomic E-state index is -0.0725. The number of nitrogens with two attached hydrogens (primary N) is 1. The van der Waals surface area contributed by atoms with E-state index in [0.717, 1.165) is 19.4 Å². The molecule has 0 aromatic carbocycles. The van der Waals surface area contributed by atoms with Crippen LogP contribution in [0, 0.1) is 5.92 Å². The Morgan fingerprint density at radius 3 is 2.95 bits per heavy atom. The summed E-state index contributed by atoms with van der Waals surface area (Å²) in [6, 6.07) is 2.19. The van der Waals surface area contributed by atoms with Crippen molar-refractivity contribution in [1.82, 2.24) is 9.88 Å². The molecular formula is C14H23N3O2. The number of carbonyl (C=O) groups excluding carboxylic acids is 1. The summed E-state index contributed by atoms with van der Waals surface area (Å²) in [5, 5.41) is 2.87. The topological polar surface area (TPSA) is 69.3 Å². The highest BCUT2D eigenvalue weighted by atomic mass is 16.5. The highest BCUT2D eigenvalue weighted by Gasteiger charge is 2.27. The highest BCUT2D eigenvalue weighted by Crippen LogP contribution is 2.37. The van der Waals surface area contributed by atoms with Crippen molar-refractivity contribution in [2.45, 2.75) is 32.7 Å². The van der Waals surface area contributed by atoms with E-state index in [1.165, 1.54) is 0 Å². The van der Waals surface area contributed by atoms with Gasteiger partial charge in [0.05, 0.1) is 12.3 Å². The van der Waals surface area contributed by atoms with Gasteiger partial charge in [-0.3, -0.25) is 4.79 Å². The minimum Gasteiger partial charge on any atom is -0.397 e. The average molecular weight is 265 g/mol. The second kappa shape index (κ2) is 6.10. The Balaban J connectivity index is 1.79. The van der Waals surface area contributed by atoms with E-state index in [9.17, 15) is 4.79 Å². The van der Waals surface area contributed by atoms with Crippen molar-refractivity contribution in [1.29, 1.82) is 0 Å². The van der Waals surface area contributed by atoms with Crippen LogP contribution >= 0.6 is 0 Å². The van der Waals surface area contributed by atoms with Crippen molar-refractivity contribution in [3.05, 3.63) is 18.0 Å². The van der Waals surface area contributed by atoms with Gasteiger partial charge in [0, 0.05) is 25.4 Å². The van der Waals surface area contributed by atoms with Crippen molar-refractivity contribution < 1.29 is 9.53 Å². The molecule has 19 heavy (non-hydrogen) atoms. The summed E-state index contributed by atoms with van der Waals surface area (Å²) in [7, 11) is 0.